The Morgan fingerprint density at radius 2 is 1.68 bits per heavy atom. The summed E-state index contributed by atoms with van der Waals surface area (Å²) in [7, 11) is 0. The minimum Gasteiger partial charge on any atom is -0.361 e. The quantitative estimate of drug-likeness (QED) is 0.488. The molecule has 1 atom stereocenters. The maximum Gasteiger partial charge on any atom is 0.258 e. The number of carbonyl (C=O) groups excluding carboxylic acids is 1. The second-order valence-corrected chi connectivity index (χ2v) is 7.71. The van der Waals surface area contributed by atoms with Crippen LogP contribution >= 0.6 is 0 Å². The summed E-state index contributed by atoms with van der Waals surface area (Å²) in [5, 5.41) is 13.8. The van der Waals surface area contributed by atoms with Crippen molar-refractivity contribution in [3.63, 3.8) is 0 Å². The lowest BCUT2D eigenvalue weighted by molar-refractivity contribution is 0.0667. The molecule has 1 amide bonds. The van der Waals surface area contributed by atoms with Crippen LogP contribution in [0, 0.1) is 11.3 Å². The first-order chi connectivity index (χ1) is 15.3. The molecule has 0 saturated carbocycles. The highest BCUT2D eigenvalue weighted by molar-refractivity contribution is 6.02. The molecule has 1 aliphatic heterocycles. The number of benzene rings is 3. The van der Waals surface area contributed by atoms with Crippen LogP contribution in [0.15, 0.2) is 85.1 Å². The van der Waals surface area contributed by atoms with Gasteiger partial charge in [-0.1, -0.05) is 60.7 Å². The maximum absolute atomic E-state index is 13.6. The predicted molar refractivity (Wildman–Crippen MR) is 121 cm³/mol. The fraction of sp³-hybridized carbons (Fsp3) is 0.154. The lowest BCUT2D eigenvalue weighted by Gasteiger charge is -2.38. The summed E-state index contributed by atoms with van der Waals surface area (Å²) in [4.78, 5) is 15.5. The van der Waals surface area contributed by atoms with Crippen molar-refractivity contribution < 1.29 is 4.79 Å². The third-order valence-electron chi connectivity index (χ3n) is 5.80. The molecular weight excluding hydrogens is 384 g/mol. The summed E-state index contributed by atoms with van der Waals surface area (Å²) >= 11 is 0. The third-order valence-corrected chi connectivity index (χ3v) is 5.80. The topological polar surface area (TPSA) is 61.1 Å². The molecule has 1 aromatic heterocycles. The molecule has 5 nitrogen and oxygen atoms in total. The zero-order valence-electron chi connectivity index (χ0n) is 17.0. The zero-order chi connectivity index (χ0) is 21.2. The second kappa shape index (κ2) is 8.00. The number of para-hydroxylation sites is 2. The van der Waals surface area contributed by atoms with E-state index in [1.54, 1.807) is 0 Å². The van der Waals surface area contributed by atoms with Gasteiger partial charge in [0.25, 0.3) is 5.91 Å². The van der Waals surface area contributed by atoms with E-state index < -0.39 is 0 Å². The van der Waals surface area contributed by atoms with E-state index in [9.17, 15) is 4.79 Å². The minimum atomic E-state index is -0.309. The number of amides is 1. The molecule has 2 heterocycles. The van der Waals surface area contributed by atoms with Gasteiger partial charge in [0.1, 0.15) is 6.17 Å². The van der Waals surface area contributed by atoms with Gasteiger partial charge in [-0.3, -0.25) is 4.79 Å². The molecule has 5 rings (SSSR count). The molecule has 0 unspecified atom stereocenters. The van der Waals surface area contributed by atoms with Crippen molar-refractivity contribution in [1.29, 1.82) is 5.26 Å². The molecule has 1 aliphatic rings. The molecule has 5 heteroatoms. The minimum absolute atomic E-state index is 0.0112. The van der Waals surface area contributed by atoms with Gasteiger partial charge in [-0.25, -0.2) is 0 Å². The summed E-state index contributed by atoms with van der Waals surface area (Å²) < 4.78 is 2.11. The van der Waals surface area contributed by atoms with Crippen molar-refractivity contribution in [2.75, 3.05) is 5.32 Å². The van der Waals surface area contributed by atoms with Crippen LogP contribution in [0.3, 0.4) is 0 Å². The molecule has 3 aromatic carbocycles. The number of nitrogens with zero attached hydrogens (tertiary/aromatic N) is 3. The van der Waals surface area contributed by atoms with E-state index in [-0.39, 0.29) is 12.1 Å². The molecule has 0 aliphatic carbocycles. The van der Waals surface area contributed by atoms with Gasteiger partial charge in [0.15, 0.2) is 0 Å². The van der Waals surface area contributed by atoms with Gasteiger partial charge in [-0.05, 0) is 23.8 Å². The van der Waals surface area contributed by atoms with Crippen LogP contribution in [0.2, 0.25) is 0 Å². The molecule has 0 saturated heterocycles. The Balaban J connectivity index is 1.63. The van der Waals surface area contributed by atoms with E-state index in [4.69, 9.17) is 5.26 Å². The molecule has 4 aromatic rings. The number of rotatable bonds is 5. The Bertz CT molecular complexity index is 1290. The Hall–Kier alpha value is -4.04. The van der Waals surface area contributed by atoms with Crippen LogP contribution < -0.4 is 5.32 Å². The van der Waals surface area contributed by atoms with E-state index >= 15 is 0 Å². The normalized spacial score (nSPS) is 15.4. The van der Waals surface area contributed by atoms with Crippen molar-refractivity contribution in [2.24, 2.45) is 0 Å². The first-order valence-electron chi connectivity index (χ1n) is 10.4. The van der Waals surface area contributed by atoms with Gasteiger partial charge < -0.3 is 14.8 Å². The molecule has 0 fully saturated rings. The summed E-state index contributed by atoms with van der Waals surface area (Å²) in [6.07, 6.45) is 2.21. The molecular formula is C26H22N4O. The van der Waals surface area contributed by atoms with Crippen LogP contribution in [0.4, 0.5) is 5.69 Å². The molecule has 1 N–H and O–H groups in total. The average Bonchev–Trinajstić information content (AvgIpc) is 3.18. The lowest BCUT2D eigenvalue weighted by atomic mass is 10.0. The predicted octanol–water partition coefficient (Wildman–Crippen LogP) is 5.32. The van der Waals surface area contributed by atoms with Crippen molar-refractivity contribution in [1.82, 2.24) is 9.47 Å². The van der Waals surface area contributed by atoms with Crippen molar-refractivity contribution in [3.8, 4) is 6.07 Å². The largest absolute Gasteiger partial charge is 0.361 e. The summed E-state index contributed by atoms with van der Waals surface area (Å²) in [5.41, 5.74) is 4.71. The van der Waals surface area contributed by atoms with Crippen LogP contribution in [0.5, 0.6) is 0 Å². The fourth-order valence-electron chi connectivity index (χ4n) is 4.33. The molecule has 0 radical (unpaired) electrons. The van der Waals surface area contributed by atoms with Gasteiger partial charge in [0.05, 0.1) is 18.1 Å². The molecule has 0 spiro atoms. The van der Waals surface area contributed by atoms with Crippen LogP contribution in [0.25, 0.3) is 10.9 Å². The van der Waals surface area contributed by atoms with E-state index in [1.165, 1.54) is 0 Å². The number of hydrogen-bond donors (Lipinski definition) is 1. The highest BCUT2D eigenvalue weighted by Crippen LogP contribution is 2.37. The first kappa shape index (κ1) is 19.0. The monoisotopic (exact) mass is 406 g/mol. The third kappa shape index (κ3) is 3.43. The summed E-state index contributed by atoms with van der Waals surface area (Å²) in [6.45, 7) is 1.12. The van der Waals surface area contributed by atoms with E-state index in [2.05, 4.69) is 34.3 Å². The smallest absolute Gasteiger partial charge is 0.258 e. The summed E-state index contributed by atoms with van der Waals surface area (Å²) in [5.74, 6) is 0.0112. The number of nitriles is 1. The van der Waals surface area contributed by atoms with Gasteiger partial charge in [0, 0.05) is 41.4 Å². The molecule has 31 heavy (non-hydrogen) atoms. The maximum atomic E-state index is 13.6. The van der Waals surface area contributed by atoms with Gasteiger partial charge in [-0.2, -0.15) is 5.26 Å². The first-order valence-corrected chi connectivity index (χ1v) is 10.4. The SMILES string of the molecule is N#CCCn1cc([C@@H]2Nc3ccccc3C(=O)N2Cc2ccccc2)c2ccccc21. The highest BCUT2D eigenvalue weighted by Gasteiger charge is 2.34. The van der Waals surface area contributed by atoms with Crippen molar-refractivity contribution >= 4 is 22.5 Å². The zero-order valence-corrected chi connectivity index (χ0v) is 17.0. The molecule has 152 valence electrons. The van der Waals surface area contributed by atoms with Gasteiger partial charge >= 0.3 is 0 Å². The number of anilines is 1. The lowest BCUT2D eigenvalue weighted by Crippen LogP contribution is -2.42. The van der Waals surface area contributed by atoms with Crippen LogP contribution in [-0.4, -0.2) is 15.4 Å². The number of aryl methyl sites for hydroxylation is 1. The van der Waals surface area contributed by atoms with Crippen molar-refractivity contribution in [2.45, 2.75) is 25.7 Å². The van der Waals surface area contributed by atoms with Crippen LogP contribution in [-0.2, 0) is 13.1 Å². The number of carbonyl (C=O) groups is 1. The number of fused-ring (bicyclic) bond motifs is 2. The number of nitrogens with one attached hydrogen (secondary N) is 1. The Morgan fingerprint density at radius 3 is 2.52 bits per heavy atom. The highest BCUT2D eigenvalue weighted by atomic mass is 16.2. The van der Waals surface area contributed by atoms with Gasteiger partial charge in [-0.15, -0.1) is 0 Å². The van der Waals surface area contributed by atoms with Gasteiger partial charge in [0.2, 0.25) is 0 Å². The Labute approximate surface area is 181 Å². The average molecular weight is 406 g/mol. The fourth-order valence-corrected chi connectivity index (χ4v) is 4.33. The number of hydrogen-bond acceptors (Lipinski definition) is 3. The summed E-state index contributed by atoms with van der Waals surface area (Å²) in [6, 6.07) is 28.1. The number of aromatic nitrogens is 1. The van der Waals surface area contributed by atoms with Crippen molar-refractivity contribution in [3.05, 3.63) is 102 Å². The standard InChI is InChI=1S/C26H22N4O/c27-15-8-16-29-18-22(20-11-5-7-14-24(20)29)25-28-23-13-6-4-12-21(23)26(31)30(25)17-19-9-2-1-3-10-19/h1-7,9-14,18,25,28H,8,16-17H2/t25-/m1/s1. The second-order valence-electron chi connectivity index (χ2n) is 7.71. The van der Waals surface area contributed by atoms with E-state index in [0.717, 1.165) is 27.7 Å². The van der Waals surface area contributed by atoms with E-state index in [1.807, 2.05) is 71.6 Å². The Kier molecular flexibility index (Phi) is 4.89. The Morgan fingerprint density at radius 1 is 0.935 bits per heavy atom. The van der Waals surface area contributed by atoms with E-state index in [0.29, 0.717) is 25.1 Å². The molecule has 0 bridgehead atoms. The van der Waals surface area contributed by atoms with Crippen LogP contribution in [0.1, 0.15) is 34.1 Å².